The minimum Gasteiger partial charge on any atom is -0.354 e. The number of hydrogen-bond donors (Lipinski definition) is 1. The number of anilines is 1. The number of rotatable bonds is 12. The van der Waals surface area contributed by atoms with Crippen LogP contribution in [-0.4, -0.2) is 44.3 Å². The van der Waals surface area contributed by atoms with Crippen LogP contribution in [0.3, 0.4) is 0 Å². The van der Waals surface area contributed by atoms with Crippen molar-refractivity contribution >= 4 is 27.5 Å². The van der Waals surface area contributed by atoms with Gasteiger partial charge in [0.25, 0.3) is 10.0 Å². The number of carbonyl (C=O) groups is 2. The fraction of sp³-hybridized carbons (Fsp3) is 0.375. The van der Waals surface area contributed by atoms with Crippen molar-refractivity contribution in [1.29, 1.82) is 0 Å². The summed E-state index contributed by atoms with van der Waals surface area (Å²) in [6.45, 7) is 11.8. The highest BCUT2D eigenvalue weighted by atomic mass is 32.2. The Bertz CT molecular complexity index is 1400. The third kappa shape index (κ3) is 7.72. The maximum absolute atomic E-state index is 14.2. The van der Waals surface area contributed by atoms with Gasteiger partial charge in [0.2, 0.25) is 11.8 Å². The summed E-state index contributed by atoms with van der Waals surface area (Å²) in [5.74, 6) is -0.452. The molecule has 0 saturated carbocycles. The van der Waals surface area contributed by atoms with Crippen LogP contribution in [0.1, 0.15) is 49.4 Å². The fourth-order valence-electron chi connectivity index (χ4n) is 4.45. The number of aryl methyl sites for hydroxylation is 3. The monoisotopic (exact) mass is 563 g/mol. The number of nitrogens with one attached hydrogen (secondary N) is 1. The second-order valence-electron chi connectivity index (χ2n) is 10.7. The van der Waals surface area contributed by atoms with E-state index in [1.54, 1.807) is 24.3 Å². The molecule has 0 radical (unpaired) electrons. The molecule has 0 aliphatic heterocycles. The molecule has 1 unspecified atom stereocenters. The molecule has 0 aliphatic carbocycles. The number of sulfonamides is 1. The van der Waals surface area contributed by atoms with Crippen LogP contribution in [0, 0.1) is 26.7 Å². The van der Waals surface area contributed by atoms with E-state index in [4.69, 9.17) is 0 Å². The van der Waals surface area contributed by atoms with Crippen molar-refractivity contribution in [2.45, 2.75) is 65.4 Å². The maximum atomic E-state index is 14.2. The molecule has 1 N–H and O–H groups in total. The summed E-state index contributed by atoms with van der Waals surface area (Å²) in [6.07, 6.45) is 0.385. The zero-order chi connectivity index (χ0) is 29.4. The largest absolute Gasteiger partial charge is 0.354 e. The fourth-order valence-corrected chi connectivity index (χ4v) is 5.94. The molecule has 0 bridgehead atoms. The summed E-state index contributed by atoms with van der Waals surface area (Å²) in [6, 6.07) is 20.7. The van der Waals surface area contributed by atoms with Crippen molar-refractivity contribution in [3.05, 3.63) is 95.1 Å². The van der Waals surface area contributed by atoms with Gasteiger partial charge in [-0.05, 0) is 68.0 Å². The highest BCUT2D eigenvalue weighted by Crippen LogP contribution is 2.28. The van der Waals surface area contributed by atoms with Gasteiger partial charge in [-0.2, -0.15) is 0 Å². The summed E-state index contributed by atoms with van der Waals surface area (Å²) in [5, 5.41) is 2.96. The summed E-state index contributed by atoms with van der Waals surface area (Å²) in [5.41, 5.74) is 3.98. The van der Waals surface area contributed by atoms with Crippen LogP contribution in [0.2, 0.25) is 0 Å². The Hall–Kier alpha value is -3.65. The molecular weight excluding hydrogens is 522 g/mol. The summed E-state index contributed by atoms with van der Waals surface area (Å²) >= 11 is 0. The van der Waals surface area contributed by atoms with Crippen LogP contribution in [0.15, 0.2) is 77.7 Å². The van der Waals surface area contributed by atoms with Gasteiger partial charge in [0.15, 0.2) is 0 Å². The highest BCUT2D eigenvalue weighted by molar-refractivity contribution is 7.92. The van der Waals surface area contributed by atoms with Gasteiger partial charge in [-0.25, -0.2) is 8.42 Å². The molecule has 0 spiro atoms. The Balaban J connectivity index is 2.07. The average Bonchev–Trinajstić information content (AvgIpc) is 2.93. The van der Waals surface area contributed by atoms with E-state index in [1.165, 1.54) is 21.3 Å². The van der Waals surface area contributed by atoms with Gasteiger partial charge in [0, 0.05) is 13.1 Å². The standard InChI is InChI=1S/C32H41N3O4S/c1-7-29(32(37)33-20-23(2)3)34(21-27-17-14-24(4)15-18-27)31(36)22-35(30-19-25(5)13-16-26(30)6)40(38,39)28-11-9-8-10-12-28/h8-19,23,29H,7,20-22H2,1-6H3,(H,33,37). The van der Waals surface area contributed by atoms with E-state index >= 15 is 0 Å². The molecule has 8 heteroatoms. The zero-order valence-corrected chi connectivity index (χ0v) is 25.2. The van der Waals surface area contributed by atoms with E-state index in [0.29, 0.717) is 18.7 Å². The van der Waals surface area contributed by atoms with Gasteiger partial charge >= 0.3 is 0 Å². The van der Waals surface area contributed by atoms with E-state index in [2.05, 4.69) is 5.32 Å². The molecule has 3 aromatic carbocycles. The van der Waals surface area contributed by atoms with Crippen molar-refractivity contribution < 1.29 is 18.0 Å². The molecule has 0 fully saturated rings. The first kappa shape index (κ1) is 30.9. The number of nitrogens with zero attached hydrogens (tertiary/aromatic N) is 2. The molecule has 3 rings (SSSR count). The first-order valence-electron chi connectivity index (χ1n) is 13.7. The van der Waals surface area contributed by atoms with Gasteiger partial charge < -0.3 is 10.2 Å². The van der Waals surface area contributed by atoms with Gasteiger partial charge in [0.05, 0.1) is 10.6 Å². The number of amides is 2. The normalized spacial score (nSPS) is 12.2. The molecular formula is C32H41N3O4S. The number of carbonyl (C=O) groups excluding carboxylic acids is 2. The van der Waals surface area contributed by atoms with Crippen LogP contribution in [-0.2, 0) is 26.2 Å². The Morgan fingerprint density at radius 1 is 0.875 bits per heavy atom. The van der Waals surface area contributed by atoms with Crippen molar-refractivity contribution in [3.8, 4) is 0 Å². The lowest BCUT2D eigenvalue weighted by molar-refractivity contribution is -0.140. The van der Waals surface area contributed by atoms with E-state index in [1.807, 2.05) is 77.9 Å². The average molecular weight is 564 g/mol. The summed E-state index contributed by atoms with van der Waals surface area (Å²) in [4.78, 5) is 29.1. The maximum Gasteiger partial charge on any atom is 0.264 e. The SMILES string of the molecule is CCC(C(=O)NCC(C)C)N(Cc1ccc(C)cc1)C(=O)CN(c1cc(C)ccc1C)S(=O)(=O)c1ccccc1. The minimum atomic E-state index is -4.09. The van der Waals surface area contributed by atoms with Crippen LogP contribution in [0.4, 0.5) is 5.69 Å². The van der Waals surface area contributed by atoms with E-state index in [0.717, 1.165) is 22.3 Å². The van der Waals surface area contributed by atoms with Crippen molar-refractivity contribution in [1.82, 2.24) is 10.2 Å². The topological polar surface area (TPSA) is 86.8 Å². The molecule has 3 aromatic rings. The third-order valence-electron chi connectivity index (χ3n) is 6.79. The molecule has 1 atom stereocenters. The molecule has 0 heterocycles. The Morgan fingerprint density at radius 2 is 1.50 bits per heavy atom. The van der Waals surface area contributed by atoms with Crippen molar-refractivity contribution in [3.63, 3.8) is 0 Å². The van der Waals surface area contributed by atoms with E-state index < -0.39 is 28.5 Å². The molecule has 2 amide bonds. The molecule has 0 aromatic heterocycles. The third-order valence-corrected chi connectivity index (χ3v) is 8.56. The Kier molecular flexibility index (Phi) is 10.5. The van der Waals surface area contributed by atoms with Gasteiger partial charge in [0.1, 0.15) is 12.6 Å². The predicted octanol–water partition coefficient (Wildman–Crippen LogP) is 5.39. The molecule has 0 saturated heterocycles. The second-order valence-corrected chi connectivity index (χ2v) is 12.5. The van der Waals surface area contributed by atoms with Gasteiger partial charge in [-0.3, -0.25) is 13.9 Å². The molecule has 0 aliphatic rings. The smallest absolute Gasteiger partial charge is 0.264 e. The first-order valence-corrected chi connectivity index (χ1v) is 15.2. The summed E-state index contributed by atoms with van der Waals surface area (Å²) < 4.78 is 29.1. The highest BCUT2D eigenvalue weighted by Gasteiger charge is 2.34. The minimum absolute atomic E-state index is 0.0931. The van der Waals surface area contributed by atoms with Gasteiger partial charge in [-0.15, -0.1) is 0 Å². The van der Waals surface area contributed by atoms with Crippen LogP contribution < -0.4 is 9.62 Å². The second kappa shape index (κ2) is 13.6. The number of benzene rings is 3. The van der Waals surface area contributed by atoms with Crippen molar-refractivity contribution in [2.75, 3.05) is 17.4 Å². The lowest BCUT2D eigenvalue weighted by Crippen LogP contribution is -2.52. The molecule has 7 nitrogen and oxygen atoms in total. The molecule has 214 valence electrons. The van der Waals surface area contributed by atoms with Crippen molar-refractivity contribution in [2.24, 2.45) is 5.92 Å². The van der Waals surface area contributed by atoms with E-state index in [9.17, 15) is 18.0 Å². The van der Waals surface area contributed by atoms with Crippen LogP contribution in [0.25, 0.3) is 0 Å². The number of hydrogen-bond acceptors (Lipinski definition) is 4. The zero-order valence-electron chi connectivity index (χ0n) is 24.3. The van der Waals surface area contributed by atoms with Crippen LogP contribution >= 0.6 is 0 Å². The Morgan fingerprint density at radius 3 is 2.10 bits per heavy atom. The summed E-state index contributed by atoms with van der Waals surface area (Å²) in [7, 11) is -4.09. The Labute approximate surface area is 239 Å². The van der Waals surface area contributed by atoms with E-state index in [-0.39, 0.29) is 23.3 Å². The lowest BCUT2D eigenvalue weighted by Gasteiger charge is -2.33. The molecule has 40 heavy (non-hydrogen) atoms. The van der Waals surface area contributed by atoms with Gasteiger partial charge in [-0.1, -0.05) is 80.9 Å². The van der Waals surface area contributed by atoms with Crippen LogP contribution in [0.5, 0.6) is 0 Å². The first-order chi connectivity index (χ1) is 18.9. The predicted molar refractivity (Wildman–Crippen MR) is 161 cm³/mol. The quantitative estimate of drug-likeness (QED) is 0.320. The lowest BCUT2D eigenvalue weighted by atomic mass is 10.1.